The third kappa shape index (κ3) is 5.33. The molecule has 5 nitrogen and oxygen atoms in total. The molecule has 1 N–H and O–H groups in total. The number of amides is 1. The molecule has 2 aliphatic heterocycles. The molecule has 0 saturated carbocycles. The molecule has 1 aromatic rings. The zero-order chi connectivity index (χ0) is 16.9. The van der Waals surface area contributed by atoms with Crippen molar-refractivity contribution < 1.29 is 9.53 Å². The Morgan fingerprint density at radius 2 is 1.92 bits per heavy atom. The normalized spacial score (nSPS) is 23.7. The average Bonchev–Trinajstić information content (AvgIpc) is 2.67. The second kappa shape index (κ2) is 11.1. The molecule has 2 saturated heterocycles. The topological polar surface area (TPSA) is 44.8 Å². The maximum Gasteiger partial charge on any atom is 0.253 e. The van der Waals surface area contributed by atoms with Crippen LogP contribution in [-0.4, -0.2) is 67.7 Å². The van der Waals surface area contributed by atoms with Crippen molar-refractivity contribution in [2.24, 2.45) is 0 Å². The highest BCUT2D eigenvalue weighted by atomic mass is 35.5. The maximum atomic E-state index is 13.1. The number of hydrogen-bond acceptors (Lipinski definition) is 4. The summed E-state index contributed by atoms with van der Waals surface area (Å²) in [7, 11) is 0. The number of aryl methyl sites for hydroxylation is 1. The molecule has 0 bridgehead atoms. The van der Waals surface area contributed by atoms with Gasteiger partial charge in [0.15, 0.2) is 0 Å². The van der Waals surface area contributed by atoms with Crippen LogP contribution in [0.15, 0.2) is 24.3 Å². The number of halogens is 2. The fourth-order valence-corrected chi connectivity index (χ4v) is 3.57. The van der Waals surface area contributed by atoms with Gasteiger partial charge in [-0.25, -0.2) is 0 Å². The van der Waals surface area contributed by atoms with Crippen LogP contribution >= 0.6 is 24.8 Å². The molecule has 0 spiro atoms. The van der Waals surface area contributed by atoms with Crippen LogP contribution in [0.25, 0.3) is 0 Å². The van der Waals surface area contributed by atoms with Crippen molar-refractivity contribution in [1.29, 1.82) is 0 Å². The molecule has 0 aromatic heterocycles. The van der Waals surface area contributed by atoms with E-state index >= 15 is 0 Å². The van der Waals surface area contributed by atoms with Gasteiger partial charge in [0.05, 0.1) is 12.6 Å². The van der Waals surface area contributed by atoms with Crippen LogP contribution in [0.5, 0.6) is 0 Å². The Labute approximate surface area is 169 Å². The van der Waals surface area contributed by atoms with E-state index in [1.165, 1.54) is 11.1 Å². The fraction of sp³-hybridized carbons (Fsp3) is 0.632. The summed E-state index contributed by atoms with van der Waals surface area (Å²) in [6.07, 6.45) is 0.712. The summed E-state index contributed by atoms with van der Waals surface area (Å²) in [5.41, 5.74) is 2.53. The van der Waals surface area contributed by atoms with E-state index in [-0.39, 0.29) is 42.9 Å². The van der Waals surface area contributed by atoms with Crippen LogP contribution in [0.1, 0.15) is 31.0 Å². The third-order valence-corrected chi connectivity index (χ3v) is 5.17. The van der Waals surface area contributed by atoms with Crippen LogP contribution in [-0.2, 0) is 16.0 Å². The molecule has 148 valence electrons. The molecule has 1 amide bonds. The fourth-order valence-electron chi connectivity index (χ4n) is 3.57. The highest BCUT2D eigenvalue weighted by molar-refractivity contribution is 5.85. The van der Waals surface area contributed by atoms with E-state index in [1.54, 1.807) is 0 Å². The van der Waals surface area contributed by atoms with Crippen molar-refractivity contribution in [1.82, 2.24) is 15.1 Å². The van der Waals surface area contributed by atoms with Gasteiger partial charge in [0.25, 0.3) is 5.91 Å². The molecule has 2 heterocycles. The molecule has 2 fully saturated rings. The van der Waals surface area contributed by atoms with Gasteiger partial charge in [-0.05, 0) is 24.1 Å². The Balaban J connectivity index is 0.00000169. The Bertz CT molecular complexity index is 556. The van der Waals surface area contributed by atoms with Gasteiger partial charge in [0.2, 0.25) is 0 Å². The van der Waals surface area contributed by atoms with E-state index < -0.39 is 0 Å². The van der Waals surface area contributed by atoms with Crippen LogP contribution < -0.4 is 5.32 Å². The van der Waals surface area contributed by atoms with Crippen LogP contribution in [0.2, 0.25) is 0 Å². The van der Waals surface area contributed by atoms with Crippen LogP contribution in [0, 0.1) is 0 Å². The number of nitrogens with one attached hydrogen (secondary N) is 1. The minimum absolute atomic E-state index is 0. The molecule has 0 aliphatic carbocycles. The van der Waals surface area contributed by atoms with Gasteiger partial charge in [-0.3, -0.25) is 9.69 Å². The number of rotatable bonds is 4. The molecule has 2 unspecified atom stereocenters. The Hall–Kier alpha value is -0.850. The lowest BCUT2D eigenvalue weighted by molar-refractivity contribution is -0.152. The molecule has 2 atom stereocenters. The monoisotopic (exact) mass is 403 g/mol. The van der Waals surface area contributed by atoms with Crippen molar-refractivity contribution in [3.8, 4) is 0 Å². The molecule has 26 heavy (non-hydrogen) atoms. The number of hydrogen-bond donors (Lipinski definition) is 1. The third-order valence-electron chi connectivity index (χ3n) is 5.17. The molecular weight excluding hydrogens is 373 g/mol. The van der Waals surface area contributed by atoms with Crippen molar-refractivity contribution >= 4 is 30.7 Å². The summed E-state index contributed by atoms with van der Waals surface area (Å²) in [5, 5.41) is 3.42. The van der Waals surface area contributed by atoms with Crippen molar-refractivity contribution in [2.75, 3.05) is 45.9 Å². The van der Waals surface area contributed by atoms with Gasteiger partial charge in [0.1, 0.15) is 6.10 Å². The maximum absolute atomic E-state index is 13.1. The predicted octanol–water partition coefficient (Wildman–Crippen LogP) is 2.29. The summed E-state index contributed by atoms with van der Waals surface area (Å²) in [6.45, 7) is 9.93. The number of piperazine rings is 1. The quantitative estimate of drug-likeness (QED) is 0.837. The first-order valence-electron chi connectivity index (χ1n) is 9.17. The number of likely N-dealkylation sites (N-methyl/N-ethyl adjacent to an activating group) is 1. The second-order valence-corrected chi connectivity index (χ2v) is 6.60. The summed E-state index contributed by atoms with van der Waals surface area (Å²) >= 11 is 0. The van der Waals surface area contributed by atoms with Gasteiger partial charge >= 0.3 is 0 Å². The molecule has 3 rings (SSSR count). The van der Waals surface area contributed by atoms with Gasteiger partial charge in [-0.15, -0.1) is 24.8 Å². The van der Waals surface area contributed by atoms with Crippen molar-refractivity contribution in [2.45, 2.75) is 32.4 Å². The molecule has 7 heteroatoms. The van der Waals surface area contributed by atoms with E-state index in [0.717, 1.165) is 39.1 Å². The smallest absolute Gasteiger partial charge is 0.253 e. The largest absolute Gasteiger partial charge is 0.366 e. The van der Waals surface area contributed by atoms with Crippen LogP contribution in [0.3, 0.4) is 0 Å². The summed E-state index contributed by atoms with van der Waals surface area (Å²) in [4.78, 5) is 17.4. The SMILES string of the molecule is CCc1ccc(C2CNCCN2C(=O)C2CN(CC)CCO2)cc1.Cl.Cl. The Kier molecular flexibility index (Phi) is 9.90. The molecular formula is C19H31Cl2N3O2. The van der Waals surface area contributed by atoms with Gasteiger partial charge in [0, 0.05) is 32.7 Å². The highest BCUT2D eigenvalue weighted by Crippen LogP contribution is 2.24. The number of nitrogens with zero attached hydrogens (tertiary/aromatic N) is 2. The molecule has 0 radical (unpaired) electrons. The lowest BCUT2D eigenvalue weighted by Gasteiger charge is -2.40. The molecule has 2 aliphatic rings. The first-order chi connectivity index (χ1) is 11.7. The van der Waals surface area contributed by atoms with Gasteiger partial charge in [-0.2, -0.15) is 0 Å². The highest BCUT2D eigenvalue weighted by Gasteiger charge is 2.35. The van der Waals surface area contributed by atoms with Gasteiger partial charge < -0.3 is 15.0 Å². The summed E-state index contributed by atoms with van der Waals surface area (Å²) in [5.74, 6) is 0.138. The van der Waals surface area contributed by atoms with E-state index in [2.05, 4.69) is 48.3 Å². The second-order valence-electron chi connectivity index (χ2n) is 6.60. The van der Waals surface area contributed by atoms with Crippen molar-refractivity contribution in [3.05, 3.63) is 35.4 Å². The lowest BCUT2D eigenvalue weighted by atomic mass is 10.00. The Morgan fingerprint density at radius 3 is 2.58 bits per heavy atom. The number of carbonyl (C=O) groups excluding carboxylic acids is 1. The van der Waals surface area contributed by atoms with E-state index in [4.69, 9.17) is 4.74 Å². The number of ether oxygens (including phenoxy) is 1. The Morgan fingerprint density at radius 1 is 1.19 bits per heavy atom. The molecule has 1 aromatic carbocycles. The van der Waals surface area contributed by atoms with E-state index in [1.807, 2.05) is 4.90 Å². The number of morpholine rings is 1. The van der Waals surface area contributed by atoms with Crippen LogP contribution in [0.4, 0.5) is 0 Å². The number of carbonyl (C=O) groups is 1. The lowest BCUT2D eigenvalue weighted by Crippen LogP contribution is -2.56. The summed E-state index contributed by atoms with van der Waals surface area (Å²) in [6, 6.07) is 8.76. The van der Waals surface area contributed by atoms with Gasteiger partial charge in [-0.1, -0.05) is 38.1 Å². The minimum atomic E-state index is -0.325. The zero-order valence-corrected chi connectivity index (χ0v) is 17.3. The number of benzene rings is 1. The zero-order valence-electron chi connectivity index (χ0n) is 15.6. The predicted molar refractivity (Wildman–Crippen MR) is 109 cm³/mol. The summed E-state index contributed by atoms with van der Waals surface area (Å²) < 4.78 is 5.79. The minimum Gasteiger partial charge on any atom is -0.366 e. The van der Waals surface area contributed by atoms with E-state index in [0.29, 0.717) is 13.2 Å². The first-order valence-corrected chi connectivity index (χ1v) is 9.17. The van der Waals surface area contributed by atoms with E-state index in [9.17, 15) is 4.79 Å². The average molecular weight is 404 g/mol. The first kappa shape index (κ1) is 23.2. The van der Waals surface area contributed by atoms with Crippen molar-refractivity contribution in [3.63, 3.8) is 0 Å². The standard InChI is InChI=1S/C19H29N3O2.2ClH/c1-3-15-5-7-16(8-6-15)17-13-20-9-10-22(17)19(23)18-14-21(4-2)11-12-24-18;;/h5-8,17-18,20H,3-4,9-14H2,1-2H3;2*1H.